The molecule has 8 nitrogen and oxygen atoms in total. The number of nitrogens with one attached hydrogen (secondary N) is 1. The van der Waals surface area contributed by atoms with E-state index in [-0.39, 0.29) is 22.7 Å². The summed E-state index contributed by atoms with van der Waals surface area (Å²) in [5.74, 6) is -2.36. The lowest BCUT2D eigenvalue weighted by molar-refractivity contribution is -0.384. The molecule has 2 amide bonds. The molecule has 146 valence electrons. The van der Waals surface area contributed by atoms with Crippen LogP contribution in [-0.4, -0.2) is 22.5 Å². The van der Waals surface area contributed by atoms with Gasteiger partial charge in [0.2, 0.25) is 5.78 Å². The van der Waals surface area contributed by atoms with Gasteiger partial charge in [-0.1, -0.05) is 42.5 Å². The third-order valence-corrected chi connectivity index (χ3v) is 5.15. The van der Waals surface area contributed by atoms with E-state index in [9.17, 15) is 24.5 Å². The number of primary amides is 1. The van der Waals surface area contributed by atoms with E-state index in [1.54, 1.807) is 6.07 Å². The molecule has 0 atom stereocenters. The summed E-state index contributed by atoms with van der Waals surface area (Å²) in [6, 6.07) is 16.1. The smallest absolute Gasteiger partial charge is 0.292 e. The normalized spacial score (nSPS) is 10.3. The number of hydrogen-bond donors (Lipinski definition) is 2. The Bertz CT molecular complexity index is 1090. The van der Waals surface area contributed by atoms with Crippen molar-refractivity contribution in [2.45, 2.75) is 6.42 Å². The molecule has 1 aromatic heterocycles. The van der Waals surface area contributed by atoms with Crippen LogP contribution in [0, 0.1) is 10.1 Å². The second-order valence-electron chi connectivity index (χ2n) is 6.06. The van der Waals surface area contributed by atoms with Crippen molar-refractivity contribution in [3.05, 3.63) is 81.9 Å². The average Bonchev–Trinajstić information content (AvgIpc) is 3.13. The highest BCUT2D eigenvalue weighted by atomic mass is 32.1. The fourth-order valence-electron chi connectivity index (χ4n) is 2.59. The van der Waals surface area contributed by atoms with E-state index in [1.807, 2.05) is 30.3 Å². The highest BCUT2D eigenvalue weighted by Gasteiger charge is 2.21. The number of nitrogens with two attached hydrogens (primary N) is 1. The average molecular weight is 409 g/mol. The van der Waals surface area contributed by atoms with Gasteiger partial charge in [0.25, 0.3) is 17.5 Å². The highest BCUT2D eigenvalue weighted by Crippen LogP contribution is 2.35. The van der Waals surface area contributed by atoms with Crippen molar-refractivity contribution in [1.29, 1.82) is 0 Å². The Balaban J connectivity index is 1.75. The van der Waals surface area contributed by atoms with Crippen LogP contribution < -0.4 is 11.1 Å². The maximum Gasteiger partial charge on any atom is 0.292 e. The minimum atomic E-state index is -0.896. The zero-order chi connectivity index (χ0) is 21.0. The first kappa shape index (κ1) is 19.9. The number of benzene rings is 2. The lowest BCUT2D eigenvalue weighted by Crippen LogP contribution is -2.25. The minimum Gasteiger partial charge on any atom is -0.366 e. The molecule has 29 heavy (non-hydrogen) atoms. The van der Waals surface area contributed by atoms with Crippen LogP contribution in [0.1, 0.15) is 15.9 Å². The molecule has 0 bridgehead atoms. The second-order valence-corrected chi connectivity index (χ2v) is 7.11. The Kier molecular flexibility index (Phi) is 5.79. The van der Waals surface area contributed by atoms with Crippen LogP contribution in [0.5, 0.6) is 0 Å². The van der Waals surface area contributed by atoms with Crippen molar-refractivity contribution < 1.29 is 19.3 Å². The Morgan fingerprint density at radius 3 is 2.28 bits per heavy atom. The standard InChI is InChI=1S/C20H15N3O5S/c21-18(25)15-11-17(13-4-2-1-3-5-13)29-20(15)22-19(26)16(24)10-12-6-8-14(9-7-12)23(27)28/h1-9,11H,10H2,(H2,21,25)(H,22,26). The summed E-state index contributed by atoms with van der Waals surface area (Å²) in [4.78, 5) is 47.1. The van der Waals surface area contributed by atoms with E-state index >= 15 is 0 Å². The van der Waals surface area contributed by atoms with Gasteiger partial charge in [0.15, 0.2) is 0 Å². The Morgan fingerprint density at radius 1 is 1.03 bits per heavy atom. The molecule has 0 unspecified atom stereocenters. The van der Waals surface area contributed by atoms with Crippen molar-refractivity contribution >= 4 is 39.6 Å². The van der Waals surface area contributed by atoms with Crippen molar-refractivity contribution in [1.82, 2.24) is 0 Å². The molecule has 2 aromatic carbocycles. The summed E-state index contributed by atoms with van der Waals surface area (Å²) in [5.41, 5.74) is 6.71. The number of carbonyl (C=O) groups excluding carboxylic acids is 3. The molecule has 0 radical (unpaired) electrons. The van der Waals surface area contributed by atoms with Crippen LogP contribution in [-0.2, 0) is 16.0 Å². The van der Waals surface area contributed by atoms with Gasteiger partial charge in [0, 0.05) is 23.4 Å². The van der Waals surface area contributed by atoms with Crippen LogP contribution in [0.3, 0.4) is 0 Å². The predicted molar refractivity (Wildman–Crippen MR) is 109 cm³/mol. The molecule has 0 fully saturated rings. The van der Waals surface area contributed by atoms with Crippen LogP contribution in [0.15, 0.2) is 60.7 Å². The lowest BCUT2D eigenvalue weighted by atomic mass is 10.1. The molecule has 0 aliphatic carbocycles. The Morgan fingerprint density at radius 2 is 1.69 bits per heavy atom. The quantitative estimate of drug-likeness (QED) is 0.351. The third-order valence-electron chi connectivity index (χ3n) is 4.05. The first-order chi connectivity index (χ1) is 13.8. The first-order valence-electron chi connectivity index (χ1n) is 8.41. The third kappa shape index (κ3) is 4.71. The molecular formula is C20H15N3O5S. The molecule has 0 saturated heterocycles. The molecular weight excluding hydrogens is 394 g/mol. The molecule has 0 aliphatic rings. The number of rotatable bonds is 7. The summed E-state index contributed by atoms with van der Waals surface area (Å²) < 4.78 is 0. The van der Waals surface area contributed by atoms with Gasteiger partial charge in [-0.25, -0.2) is 0 Å². The number of nitro benzene ring substituents is 1. The molecule has 0 spiro atoms. The monoisotopic (exact) mass is 409 g/mol. The number of non-ortho nitro benzene ring substituents is 1. The number of anilines is 1. The lowest BCUT2D eigenvalue weighted by Gasteiger charge is -2.04. The summed E-state index contributed by atoms with van der Waals surface area (Å²) in [5, 5.41) is 13.3. The van der Waals surface area contributed by atoms with Crippen LogP contribution in [0.4, 0.5) is 10.7 Å². The first-order valence-corrected chi connectivity index (χ1v) is 9.23. The van der Waals surface area contributed by atoms with Crippen molar-refractivity contribution in [2.75, 3.05) is 5.32 Å². The van der Waals surface area contributed by atoms with Crippen LogP contribution in [0.2, 0.25) is 0 Å². The molecule has 1 heterocycles. The van der Waals surface area contributed by atoms with E-state index in [0.29, 0.717) is 5.56 Å². The molecule has 0 saturated carbocycles. The number of nitro groups is 1. The van der Waals surface area contributed by atoms with E-state index in [1.165, 1.54) is 24.3 Å². The summed E-state index contributed by atoms with van der Waals surface area (Å²) >= 11 is 1.14. The zero-order valence-corrected chi connectivity index (χ0v) is 15.8. The van der Waals surface area contributed by atoms with Gasteiger partial charge in [-0.2, -0.15) is 0 Å². The second kappa shape index (κ2) is 8.44. The van der Waals surface area contributed by atoms with Gasteiger partial charge in [-0.15, -0.1) is 11.3 Å². The molecule has 0 aliphatic heterocycles. The van der Waals surface area contributed by atoms with E-state index in [4.69, 9.17) is 5.73 Å². The summed E-state index contributed by atoms with van der Waals surface area (Å²) in [7, 11) is 0. The maximum absolute atomic E-state index is 12.3. The number of carbonyl (C=O) groups is 3. The Hall–Kier alpha value is -3.85. The van der Waals surface area contributed by atoms with Crippen molar-refractivity contribution in [2.24, 2.45) is 5.73 Å². The van der Waals surface area contributed by atoms with Gasteiger partial charge >= 0.3 is 0 Å². The number of nitrogens with zero attached hydrogens (tertiary/aromatic N) is 1. The number of thiophene rings is 1. The Labute approximate surface area is 169 Å². The number of Topliss-reactive ketones (excluding diaryl/α,β-unsaturated/α-hetero) is 1. The topological polar surface area (TPSA) is 132 Å². The molecule has 3 N–H and O–H groups in total. The summed E-state index contributed by atoms with van der Waals surface area (Å²) in [6.07, 6.45) is -0.230. The van der Waals surface area contributed by atoms with Gasteiger partial charge in [-0.3, -0.25) is 24.5 Å². The molecule has 9 heteroatoms. The SMILES string of the molecule is NC(=O)c1cc(-c2ccccc2)sc1NC(=O)C(=O)Cc1ccc([N+](=O)[O-])cc1. The number of hydrogen-bond acceptors (Lipinski definition) is 6. The zero-order valence-electron chi connectivity index (χ0n) is 15.0. The van der Waals surface area contributed by atoms with Crippen LogP contribution >= 0.6 is 11.3 Å². The van der Waals surface area contributed by atoms with Crippen LogP contribution in [0.25, 0.3) is 10.4 Å². The van der Waals surface area contributed by atoms with E-state index in [0.717, 1.165) is 21.8 Å². The fourth-order valence-corrected chi connectivity index (χ4v) is 3.65. The minimum absolute atomic E-state index is 0.108. The van der Waals surface area contributed by atoms with Gasteiger partial charge < -0.3 is 11.1 Å². The van der Waals surface area contributed by atoms with Gasteiger partial charge in [-0.05, 0) is 17.2 Å². The highest BCUT2D eigenvalue weighted by molar-refractivity contribution is 7.20. The largest absolute Gasteiger partial charge is 0.366 e. The van der Waals surface area contributed by atoms with Gasteiger partial charge in [0.1, 0.15) is 5.00 Å². The van der Waals surface area contributed by atoms with Gasteiger partial charge in [0.05, 0.1) is 10.5 Å². The number of amides is 2. The summed E-state index contributed by atoms with van der Waals surface area (Å²) in [6.45, 7) is 0. The fraction of sp³-hybridized carbons (Fsp3) is 0.0500. The number of ketones is 1. The van der Waals surface area contributed by atoms with Crippen molar-refractivity contribution in [3.8, 4) is 10.4 Å². The molecule has 3 aromatic rings. The van der Waals surface area contributed by atoms with E-state index in [2.05, 4.69) is 5.32 Å². The van der Waals surface area contributed by atoms with E-state index < -0.39 is 22.5 Å². The molecule has 3 rings (SSSR count). The predicted octanol–water partition coefficient (Wildman–Crippen LogP) is 3.17. The maximum atomic E-state index is 12.3. The van der Waals surface area contributed by atoms with Crippen molar-refractivity contribution in [3.63, 3.8) is 0 Å².